The molecule has 17 heavy (non-hydrogen) atoms. The topological polar surface area (TPSA) is 52.6 Å². The van der Waals surface area contributed by atoms with Crippen molar-refractivity contribution in [3.63, 3.8) is 0 Å². The number of rotatable bonds is 4. The molecule has 1 saturated carbocycles. The van der Waals surface area contributed by atoms with E-state index in [9.17, 15) is 9.59 Å². The average Bonchev–Trinajstić information content (AvgIpc) is 2.81. The van der Waals surface area contributed by atoms with Crippen LogP contribution in [0, 0.1) is 5.41 Å². The monoisotopic (exact) mass is 239 g/mol. The minimum absolute atomic E-state index is 0.363. The van der Waals surface area contributed by atoms with Crippen molar-refractivity contribution in [2.24, 2.45) is 5.41 Å². The van der Waals surface area contributed by atoms with Gasteiger partial charge in [-0.2, -0.15) is 0 Å². The van der Waals surface area contributed by atoms with Crippen LogP contribution >= 0.6 is 0 Å². The molecule has 1 rings (SSSR count). The summed E-state index contributed by atoms with van der Waals surface area (Å²) in [7, 11) is 2.49. The van der Waals surface area contributed by atoms with E-state index in [1.54, 1.807) is 6.08 Å². The molecular weight excluding hydrogens is 220 g/mol. The minimum Gasteiger partial charge on any atom is -0.468 e. The summed E-state index contributed by atoms with van der Waals surface area (Å²) < 4.78 is 17.1. The molecule has 0 heterocycles. The molecule has 0 saturated heterocycles. The quantitative estimate of drug-likeness (QED) is 0.428. The zero-order chi connectivity index (χ0) is 13.8. The molecule has 4 nitrogen and oxygen atoms in total. The number of methoxy groups -OCH3 is 2. The highest BCUT2D eigenvalue weighted by Crippen LogP contribution is 2.45. The van der Waals surface area contributed by atoms with Crippen LogP contribution in [0.15, 0.2) is 24.3 Å². The lowest BCUT2D eigenvalue weighted by atomic mass is 9.81. The van der Waals surface area contributed by atoms with Gasteiger partial charge in [0.2, 0.25) is 0 Å². The van der Waals surface area contributed by atoms with Crippen LogP contribution in [0.1, 0.15) is 27.0 Å². The average molecular weight is 239 g/mol. The molecule has 94 valence electrons. The second kappa shape index (κ2) is 5.66. The number of esters is 2. The van der Waals surface area contributed by atoms with Crippen LogP contribution in [0.25, 0.3) is 0 Å². The van der Waals surface area contributed by atoms with E-state index in [0.29, 0.717) is 24.8 Å². The van der Waals surface area contributed by atoms with Crippen LogP contribution in [0.3, 0.4) is 0 Å². The first-order chi connectivity index (χ1) is 8.52. The summed E-state index contributed by atoms with van der Waals surface area (Å²) in [4.78, 5) is 23.9. The number of carbonyl (C=O) groups is 2. The summed E-state index contributed by atoms with van der Waals surface area (Å²) in [6, 6.07) is 0. The molecule has 1 atom stereocenters. The smallest absolute Gasteiger partial charge is 0.327 e. The summed E-state index contributed by atoms with van der Waals surface area (Å²) >= 11 is 0. The van der Waals surface area contributed by atoms with Crippen molar-refractivity contribution in [3.05, 3.63) is 24.3 Å². The molecule has 0 aromatic rings. The normalized spacial score (nSPS) is 22.7. The first-order valence-corrected chi connectivity index (χ1v) is 5.45. The molecule has 0 aromatic carbocycles. The van der Waals surface area contributed by atoms with Gasteiger partial charge in [-0.15, -0.1) is 6.58 Å². The predicted octanol–water partition coefficient (Wildman–Crippen LogP) is 2.01. The molecule has 0 aromatic heterocycles. The molecule has 1 fully saturated rings. The summed E-state index contributed by atoms with van der Waals surface area (Å²) in [5.41, 5.74) is -0.771. The van der Waals surface area contributed by atoms with Crippen molar-refractivity contribution < 1.29 is 20.4 Å². The zero-order valence-electron chi connectivity index (χ0n) is 11.2. The van der Waals surface area contributed by atoms with Gasteiger partial charge in [-0.25, -0.2) is 0 Å². The van der Waals surface area contributed by atoms with Gasteiger partial charge in [0, 0.05) is 1.37 Å². The highest BCUT2D eigenvalue weighted by atomic mass is 16.5. The van der Waals surface area contributed by atoms with Crippen LogP contribution < -0.4 is 0 Å². The molecule has 0 spiro atoms. The Morgan fingerprint density at radius 1 is 1.47 bits per heavy atom. The third-order valence-electron chi connectivity index (χ3n) is 3.05. The van der Waals surface area contributed by atoms with Crippen molar-refractivity contribution >= 4 is 11.9 Å². The van der Waals surface area contributed by atoms with Crippen LogP contribution in [0.2, 0.25) is 0 Å². The van der Waals surface area contributed by atoms with Crippen LogP contribution in [-0.4, -0.2) is 26.2 Å². The van der Waals surface area contributed by atoms with Gasteiger partial charge in [0.25, 0.3) is 0 Å². The van der Waals surface area contributed by atoms with E-state index in [0.717, 1.165) is 0 Å². The largest absolute Gasteiger partial charge is 0.468 e. The number of allylic oxidation sites excluding steroid dienone is 2. The van der Waals surface area contributed by atoms with Crippen LogP contribution in [-0.2, 0) is 19.1 Å². The molecule has 4 heteroatoms. The van der Waals surface area contributed by atoms with Crippen molar-refractivity contribution in [1.29, 1.82) is 0 Å². The molecule has 0 aliphatic heterocycles. The Bertz CT molecular complexity index is 370. The molecule has 1 unspecified atom stereocenters. The van der Waals surface area contributed by atoms with Gasteiger partial charge in [0.05, 0.1) is 14.2 Å². The Labute approximate surface area is 103 Å². The van der Waals surface area contributed by atoms with E-state index in [1.807, 2.05) is 0 Å². The van der Waals surface area contributed by atoms with Crippen molar-refractivity contribution in [3.8, 4) is 0 Å². The zero-order valence-corrected chi connectivity index (χ0v) is 10.2. The lowest BCUT2D eigenvalue weighted by Gasteiger charge is -2.24. The van der Waals surface area contributed by atoms with Gasteiger partial charge >= 0.3 is 11.9 Å². The molecular formula is C13H18O4. The Hall–Kier alpha value is -1.58. The maximum Gasteiger partial charge on any atom is 0.327 e. The summed E-state index contributed by atoms with van der Waals surface area (Å²) in [6.45, 7) is 3.52. The maximum atomic E-state index is 12.0. The van der Waals surface area contributed by atoms with E-state index >= 15 is 0 Å². The third-order valence-corrected chi connectivity index (χ3v) is 3.05. The number of carbonyl (C=O) groups excluding carboxylic acids is 2. The summed E-state index contributed by atoms with van der Waals surface area (Å²) in [5, 5.41) is 0. The fourth-order valence-electron chi connectivity index (χ4n) is 2.23. The highest BCUT2D eigenvalue weighted by Gasteiger charge is 2.53. The minimum atomic E-state index is -1.37. The van der Waals surface area contributed by atoms with Gasteiger partial charge in [-0.1, -0.05) is 12.2 Å². The molecule has 0 N–H and O–H groups in total. The summed E-state index contributed by atoms with van der Waals surface area (Å²) in [5.74, 6) is -1.23. The standard InChI is InChI=1S/C13H18O4/c1-4-5-7-10-8-6-9-13(10,11(14)16-2)12(15)17-3/h4,7H,1,5-6,8-9H2,2-3H3/b10-7+/i5D. The molecule has 0 radical (unpaired) electrons. The van der Waals surface area contributed by atoms with Crippen molar-refractivity contribution in [2.75, 3.05) is 14.2 Å². The number of ether oxygens (including phenoxy) is 2. The van der Waals surface area contributed by atoms with E-state index in [4.69, 9.17) is 10.8 Å². The van der Waals surface area contributed by atoms with Crippen molar-refractivity contribution in [1.82, 2.24) is 0 Å². The maximum absolute atomic E-state index is 12.0. The van der Waals surface area contributed by atoms with Crippen LogP contribution in [0.5, 0.6) is 0 Å². The second-order valence-electron chi connectivity index (χ2n) is 3.86. The molecule has 0 amide bonds. The van der Waals surface area contributed by atoms with Gasteiger partial charge in [0.15, 0.2) is 5.41 Å². The van der Waals surface area contributed by atoms with Gasteiger partial charge in [-0.3, -0.25) is 9.59 Å². The fourth-order valence-corrected chi connectivity index (χ4v) is 2.23. The first-order valence-electron chi connectivity index (χ1n) is 6.03. The van der Waals surface area contributed by atoms with Gasteiger partial charge < -0.3 is 9.47 Å². The SMILES string of the molecule is [2H]C(C=C)/C=C1\CCCC1(C(=O)OC)C(=O)OC. The highest BCUT2D eigenvalue weighted by molar-refractivity contribution is 6.04. The van der Waals surface area contributed by atoms with Crippen LogP contribution in [0.4, 0.5) is 0 Å². The Balaban J connectivity index is 3.24. The van der Waals surface area contributed by atoms with Crippen molar-refractivity contribution in [2.45, 2.75) is 25.7 Å². The lowest BCUT2D eigenvalue weighted by molar-refractivity contribution is -0.165. The van der Waals surface area contributed by atoms with E-state index in [-0.39, 0.29) is 0 Å². The Morgan fingerprint density at radius 3 is 2.53 bits per heavy atom. The Morgan fingerprint density at radius 2 is 2.06 bits per heavy atom. The van der Waals surface area contributed by atoms with E-state index in [2.05, 4.69) is 6.58 Å². The van der Waals surface area contributed by atoms with E-state index in [1.165, 1.54) is 20.3 Å². The third kappa shape index (κ3) is 2.25. The molecule has 1 aliphatic carbocycles. The fraction of sp³-hybridized carbons (Fsp3) is 0.538. The molecule has 1 aliphatic rings. The summed E-state index contributed by atoms with van der Waals surface area (Å²) in [6.07, 6.45) is 4.01. The predicted molar refractivity (Wildman–Crippen MR) is 63.2 cm³/mol. The Kier molecular flexibility index (Phi) is 3.96. The van der Waals surface area contributed by atoms with Gasteiger partial charge in [-0.05, 0) is 31.2 Å². The molecule has 0 bridgehead atoms. The second-order valence-corrected chi connectivity index (χ2v) is 3.86. The van der Waals surface area contributed by atoms with Gasteiger partial charge in [0.1, 0.15) is 0 Å². The number of hydrogen-bond donors (Lipinski definition) is 0. The first kappa shape index (κ1) is 11.9. The van der Waals surface area contributed by atoms with E-state index < -0.39 is 23.8 Å². The number of hydrogen-bond acceptors (Lipinski definition) is 4. The lowest BCUT2D eigenvalue weighted by Crippen LogP contribution is -2.40.